The van der Waals surface area contributed by atoms with Gasteiger partial charge in [0.05, 0.1) is 11.5 Å². The van der Waals surface area contributed by atoms with Crippen molar-refractivity contribution in [2.24, 2.45) is 5.92 Å². The molecule has 1 amide bonds. The Morgan fingerprint density at radius 2 is 2.15 bits per heavy atom. The lowest BCUT2D eigenvalue weighted by molar-refractivity contribution is -0.145. The van der Waals surface area contributed by atoms with Gasteiger partial charge in [0.15, 0.2) is 0 Å². The zero-order chi connectivity index (χ0) is 14.8. The Balaban J connectivity index is 2.18. The average Bonchev–Trinajstić information content (AvgIpc) is 2.38. The summed E-state index contributed by atoms with van der Waals surface area (Å²) >= 11 is 2.15. The lowest BCUT2D eigenvalue weighted by Crippen LogP contribution is -2.55. The van der Waals surface area contributed by atoms with Crippen LogP contribution in [0.5, 0.6) is 0 Å². The van der Waals surface area contributed by atoms with E-state index < -0.39 is 17.4 Å². The van der Waals surface area contributed by atoms with Gasteiger partial charge in [-0.15, -0.1) is 0 Å². The van der Waals surface area contributed by atoms with Crippen molar-refractivity contribution in [2.45, 2.75) is 38.1 Å². The number of carboxylic acid groups (broad SMARTS) is 1. The summed E-state index contributed by atoms with van der Waals surface area (Å²) in [4.78, 5) is 23.7. The van der Waals surface area contributed by atoms with E-state index in [1.54, 1.807) is 12.1 Å². The van der Waals surface area contributed by atoms with Crippen LogP contribution in [0.4, 0.5) is 0 Å². The Kier molecular flexibility index (Phi) is 4.67. The number of hydrogen-bond donors (Lipinski definition) is 2. The van der Waals surface area contributed by atoms with E-state index in [4.69, 9.17) is 0 Å². The van der Waals surface area contributed by atoms with Crippen LogP contribution in [0, 0.1) is 9.49 Å². The molecule has 108 valence electrons. The zero-order valence-corrected chi connectivity index (χ0v) is 13.5. The lowest BCUT2D eigenvalue weighted by atomic mass is 9.73. The number of aliphatic carboxylic acids is 1. The smallest absolute Gasteiger partial charge is 0.308 e. The molecular formula is C15H18INO3. The Labute approximate surface area is 132 Å². The molecule has 1 aromatic rings. The van der Waals surface area contributed by atoms with Crippen LogP contribution in [0.2, 0.25) is 0 Å². The van der Waals surface area contributed by atoms with Crippen molar-refractivity contribution in [3.05, 3.63) is 33.4 Å². The van der Waals surface area contributed by atoms with Gasteiger partial charge < -0.3 is 10.4 Å². The van der Waals surface area contributed by atoms with Gasteiger partial charge in [-0.05, 0) is 60.6 Å². The summed E-state index contributed by atoms with van der Waals surface area (Å²) in [5, 5.41) is 12.3. The van der Waals surface area contributed by atoms with Crippen molar-refractivity contribution in [1.82, 2.24) is 5.32 Å². The third kappa shape index (κ3) is 3.31. The number of benzene rings is 1. The second-order valence-electron chi connectivity index (χ2n) is 5.52. The van der Waals surface area contributed by atoms with E-state index in [1.165, 1.54) is 0 Å². The second-order valence-corrected chi connectivity index (χ2v) is 6.76. The van der Waals surface area contributed by atoms with Crippen LogP contribution in [0.3, 0.4) is 0 Å². The Hall–Kier alpha value is -1.11. The summed E-state index contributed by atoms with van der Waals surface area (Å²) in [7, 11) is 0. The molecular weight excluding hydrogens is 369 g/mol. The fraction of sp³-hybridized carbons (Fsp3) is 0.467. The molecule has 2 atom stereocenters. The van der Waals surface area contributed by atoms with Gasteiger partial charge in [0.2, 0.25) is 0 Å². The highest BCUT2D eigenvalue weighted by Crippen LogP contribution is 2.34. The minimum Gasteiger partial charge on any atom is -0.481 e. The summed E-state index contributed by atoms with van der Waals surface area (Å²) < 4.78 is 0.985. The molecule has 4 nitrogen and oxygen atoms in total. The van der Waals surface area contributed by atoms with Crippen LogP contribution in [-0.4, -0.2) is 22.5 Å². The second kappa shape index (κ2) is 6.11. The molecule has 0 aromatic heterocycles. The maximum Gasteiger partial charge on any atom is 0.308 e. The highest BCUT2D eigenvalue weighted by atomic mass is 127. The standard InChI is InChI=1S/C15H18INO3/c1-15(8-3-2-7-12(15)14(19)20)17-13(18)10-5-4-6-11(16)9-10/h4-6,9,12H,2-3,7-8H2,1H3,(H,17,18)(H,19,20). The van der Waals surface area contributed by atoms with Gasteiger partial charge in [0.1, 0.15) is 0 Å². The molecule has 1 saturated carbocycles. The molecule has 1 aliphatic rings. The van der Waals surface area contributed by atoms with Crippen molar-refractivity contribution in [1.29, 1.82) is 0 Å². The van der Waals surface area contributed by atoms with E-state index in [2.05, 4.69) is 27.9 Å². The molecule has 0 bridgehead atoms. The van der Waals surface area contributed by atoms with Gasteiger partial charge in [-0.3, -0.25) is 9.59 Å². The normalized spacial score (nSPS) is 26.0. The Bertz CT molecular complexity index is 532. The van der Waals surface area contributed by atoms with E-state index in [-0.39, 0.29) is 5.91 Å². The maximum absolute atomic E-state index is 12.3. The molecule has 0 aliphatic heterocycles. The number of carbonyl (C=O) groups excluding carboxylic acids is 1. The molecule has 0 heterocycles. The third-order valence-electron chi connectivity index (χ3n) is 3.99. The quantitative estimate of drug-likeness (QED) is 0.784. The van der Waals surface area contributed by atoms with Crippen LogP contribution >= 0.6 is 22.6 Å². The molecule has 2 rings (SSSR count). The van der Waals surface area contributed by atoms with E-state index in [9.17, 15) is 14.7 Å². The third-order valence-corrected chi connectivity index (χ3v) is 4.66. The molecule has 1 fully saturated rings. The van der Waals surface area contributed by atoms with E-state index >= 15 is 0 Å². The van der Waals surface area contributed by atoms with Gasteiger partial charge in [-0.1, -0.05) is 18.9 Å². The summed E-state index contributed by atoms with van der Waals surface area (Å²) in [5.74, 6) is -1.53. The number of rotatable bonds is 3. The molecule has 0 saturated heterocycles. The first-order valence-corrected chi connectivity index (χ1v) is 7.81. The summed E-state index contributed by atoms with van der Waals surface area (Å²) in [6.45, 7) is 1.84. The highest BCUT2D eigenvalue weighted by molar-refractivity contribution is 14.1. The van der Waals surface area contributed by atoms with Crippen molar-refractivity contribution >= 4 is 34.5 Å². The number of nitrogens with one attached hydrogen (secondary N) is 1. The predicted molar refractivity (Wildman–Crippen MR) is 84.6 cm³/mol. The number of amides is 1. The molecule has 0 radical (unpaired) electrons. The molecule has 1 aliphatic carbocycles. The fourth-order valence-corrected chi connectivity index (χ4v) is 3.38. The van der Waals surface area contributed by atoms with Gasteiger partial charge in [-0.25, -0.2) is 0 Å². The summed E-state index contributed by atoms with van der Waals surface area (Å²) in [5.41, 5.74) is -0.0875. The van der Waals surface area contributed by atoms with Crippen LogP contribution in [0.1, 0.15) is 43.0 Å². The number of carbonyl (C=O) groups is 2. The van der Waals surface area contributed by atoms with Crippen molar-refractivity contribution in [3.8, 4) is 0 Å². The molecule has 0 spiro atoms. The summed E-state index contributed by atoms with van der Waals surface area (Å²) in [6, 6.07) is 7.30. The monoisotopic (exact) mass is 387 g/mol. The van der Waals surface area contributed by atoms with Gasteiger partial charge in [0, 0.05) is 9.13 Å². The van der Waals surface area contributed by atoms with Gasteiger partial charge >= 0.3 is 5.97 Å². The van der Waals surface area contributed by atoms with E-state index in [0.717, 1.165) is 16.4 Å². The SMILES string of the molecule is CC1(NC(=O)c2cccc(I)c2)CCCCC1C(=O)O. The first-order valence-electron chi connectivity index (χ1n) is 6.73. The average molecular weight is 387 g/mol. The first-order chi connectivity index (χ1) is 9.42. The van der Waals surface area contributed by atoms with Crippen LogP contribution < -0.4 is 5.32 Å². The molecule has 20 heavy (non-hydrogen) atoms. The molecule has 5 heteroatoms. The molecule has 2 N–H and O–H groups in total. The fourth-order valence-electron chi connectivity index (χ4n) is 2.84. The lowest BCUT2D eigenvalue weighted by Gasteiger charge is -2.39. The predicted octanol–water partition coefficient (Wildman–Crippen LogP) is 3.05. The van der Waals surface area contributed by atoms with Gasteiger partial charge in [0.25, 0.3) is 5.91 Å². The minimum absolute atomic E-state index is 0.195. The largest absolute Gasteiger partial charge is 0.481 e. The van der Waals surface area contributed by atoms with Crippen molar-refractivity contribution in [2.75, 3.05) is 0 Å². The number of hydrogen-bond acceptors (Lipinski definition) is 2. The molecule has 1 aromatic carbocycles. The Morgan fingerprint density at radius 1 is 1.40 bits per heavy atom. The molecule has 2 unspecified atom stereocenters. The van der Waals surface area contributed by atoms with Crippen molar-refractivity contribution < 1.29 is 14.7 Å². The maximum atomic E-state index is 12.3. The zero-order valence-electron chi connectivity index (χ0n) is 11.4. The number of carboxylic acids is 1. The summed E-state index contributed by atoms with van der Waals surface area (Å²) in [6.07, 6.45) is 3.19. The highest BCUT2D eigenvalue weighted by Gasteiger charge is 2.42. The van der Waals surface area contributed by atoms with Crippen LogP contribution in [0.25, 0.3) is 0 Å². The number of halogens is 1. The van der Waals surface area contributed by atoms with Gasteiger partial charge in [-0.2, -0.15) is 0 Å². The van der Waals surface area contributed by atoms with E-state index in [0.29, 0.717) is 18.4 Å². The van der Waals surface area contributed by atoms with Crippen LogP contribution in [-0.2, 0) is 4.79 Å². The van der Waals surface area contributed by atoms with Crippen LogP contribution in [0.15, 0.2) is 24.3 Å². The van der Waals surface area contributed by atoms with Crippen molar-refractivity contribution in [3.63, 3.8) is 0 Å². The Morgan fingerprint density at radius 3 is 2.80 bits per heavy atom. The van der Waals surface area contributed by atoms with E-state index in [1.807, 2.05) is 19.1 Å². The first kappa shape index (κ1) is 15.3. The topological polar surface area (TPSA) is 66.4 Å². The minimum atomic E-state index is -0.824.